The summed E-state index contributed by atoms with van der Waals surface area (Å²) in [6.45, 7) is 12.3. The van der Waals surface area contributed by atoms with Gasteiger partial charge in [0.1, 0.15) is 0 Å². The molecule has 0 aromatic heterocycles. The molecule has 0 radical (unpaired) electrons. The Balaban J connectivity index is 1.79. The molecule has 0 spiro atoms. The van der Waals surface area contributed by atoms with Crippen LogP contribution in [0.2, 0.25) is 0 Å². The number of nitrogens with one attached hydrogen (secondary N) is 1. The molecule has 3 fully saturated rings. The van der Waals surface area contributed by atoms with Crippen molar-refractivity contribution in [3.8, 4) is 0 Å². The van der Waals surface area contributed by atoms with Gasteiger partial charge < -0.3 is 5.32 Å². The molecule has 0 saturated heterocycles. The van der Waals surface area contributed by atoms with Crippen LogP contribution in [-0.2, 0) is 0 Å². The SMILES string of the molecule is CC1(C)CC1NC1C2(C)CCC(C2)C1(C)C. The van der Waals surface area contributed by atoms with Gasteiger partial charge in [-0.25, -0.2) is 0 Å². The summed E-state index contributed by atoms with van der Waals surface area (Å²) in [7, 11) is 0. The molecule has 16 heavy (non-hydrogen) atoms. The van der Waals surface area contributed by atoms with Gasteiger partial charge in [0, 0.05) is 12.1 Å². The molecule has 1 N–H and O–H groups in total. The largest absolute Gasteiger partial charge is 0.310 e. The highest BCUT2D eigenvalue weighted by Crippen LogP contribution is 2.63. The zero-order valence-corrected chi connectivity index (χ0v) is 11.6. The first-order valence-electron chi connectivity index (χ1n) is 7.02. The van der Waals surface area contributed by atoms with E-state index in [0.717, 1.165) is 18.0 Å². The third kappa shape index (κ3) is 1.33. The van der Waals surface area contributed by atoms with Crippen LogP contribution in [0.3, 0.4) is 0 Å². The Morgan fingerprint density at radius 2 is 1.62 bits per heavy atom. The summed E-state index contributed by atoms with van der Waals surface area (Å²) in [4.78, 5) is 0. The van der Waals surface area contributed by atoms with Gasteiger partial charge in [-0.3, -0.25) is 0 Å². The lowest BCUT2D eigenvalue weighted by molar-refractivity contribution is 0.105. The van der Waals surface area contributed by atoms with E-state index >= 15 is 0 Å². The Kier molecular flexibility index (Phi) is 1.98. The topological polar surface area (TPSA) is 12.0 Å². The minimum atomic E-state index is 0.520. The van der Waals surface area contributed by atoms with E-state index in [0.29, 0.717) is 16.2 Å². The maximum atomic E-state index is 4.01. The lowest BCUT2D eigenvalue weighted by Gasteiger charge is -2.43. The van der Waals surface area contributed by atoms with Crippen LogP contribution in [-0.4, -0.2) is 12.1 Å². The smallest absolute Gasteiger partial charge is 0.0178 e. The van der Waals surface area contributed by atoms with Crippen LogP contribution in [0.4, 0.5) is 0 Å². The summed E-state index contributed by atoms with van der Waals surface area (Å²) in [6, 6.07) is 1.54. The molecule has 4 atom stereocenters. The Morgan fingerprint density at radius 1 is 1.00 bits per heavy atom. The van der Waals surface area contributed by atoms with Crippen molar-refractivity contribution in [3.63, 3.8) is 0 Å². The van der Waals surface area contributed by atoms with Gasteiger partial charge >= 0.3 is 0 Å². The van der Waals surface area contributed by atoms with E-state index in [9.17, 15) is 0 Å². The second-order valence-electron chi connectivity index (χ2n) is 8.26. The maximum Gasteiger partial charge on any atom is 0.0178 e. The predicted molar refractivity (Wildman–Crippen MR) is 68.3 cm³/mol. The molecule has 0 aromatic carbocycles. The van der Waals surface area contributed by atoms with E-state index in [1.807, 2.05) is 0 Å². The van der Waals surface area contributed by atoms with E-state index in [4.69, 9.17) is 0 Å². The molecule has 3 saturated carbocycles. The molecule has 2 bridgehead atoms. The molecule has 92 valence electrons. The highest BCUT2D eigenvalue weighted by molar-refractivity contribution is 5.15. The van der Waals surface area contributed by atoms with Crippen LogP contribution in [0.25, 0.3) is 0 Å². The molecule has 3 rings (SSSR count). The molecular weight excluding hydrogens is 194 g/mol. The average molecular weight is 221 g/mol. The van der Waals surface area contributed by atoms with Gasteiger partial charge in [-0.1, -0.05) is 34.6 Å². The van der Waals surface area contributed by atoms with Gasteiger partial charge in [0.05, 0.1) is 0 Å². The van der Waals surface area contributed by atoms with Crippen molar-refractivity contribution in [1.29, 1.82) is 0 Å². The minimum absolute atomic E-state index is 0.520. The fraction of sp³-hybridized carbons (Fsp3) is 1.00. The van der Waals surface area contributed by atoms with Crippen LogP contribution >= 0.6 is 0 Å². The fourth-order valence-electron chi connectivity index (χ4n) is 4.67. The Morgan fingerprint density at radius 3 is 2.06 bits per heavy atom. The van der Waals surface area contributed by atoms with Crippen LogP contribution in [0, 0.1) is 22.2 Å². The summed E-state index contributed by atoms with van der Waals surface area (Å²) < 4.78 is 0. The van der Waals surface area contributed by atoms with Gasteiger partial charge in [0.15, 0.2) is 0 Å². The van der Waals surface area contributed by atoms with Crippen LogP contribution < -0.4 is 5.32 Å². The van der Waals surface area contributed by atoms with Gasteiger partial charge in [-0.2, -0.15) is 0 Å². The first-order valence-corrected chi connectivity index (χ1v) is 7.02. The van der Waals surface area contributed by atoms with Gasteiger partial charge in [0.25, 0.3) is 0 Å². The second-order valence-corrected chi connectivity index (χ2v) is 8.26. The average Bonchev–Trinajstić information content (AvgIpc) is 2.54. The quantitative estimate of drug-likeness (QED) is 0.751. The van der Waals surface area contributed by atoms with Crippen molar-refractivity contribution in [2.24, 2.45) is 22.2 Å². The van der Waals surface area contributed by atoms with Crippen molar-refractivity contribution >= 4 is 0 Å². The minimum Gasteiger partial charge on any atom is -0.310 e. The standard InChI is InChI=1S/C15H27N/c1-13(2)9-11(13)16-12-14(3,4)10-6-7-15(12,5)8-10/h10-12,16H,6-9H2,1-5H3. The van der Waals surface area contributed by atoms with Crippen LogP contribution in [0.5, 0.6) is 0 Å². The van der Waals surface area contributed by atoms with Gasteiger partial charge in [-0.15, -0.1) is 0 Å². The summed E-state index contributed by atoms with van der Waals surface area (Å²) in [5.74, 6) is 0.969. The third-order valence-electron chi connectivity index (χ3n) is 6.15. The first kappa shape index (κ1) is 11.1. The zero-order valence-electron chi connectivity index (χ0n) is 11.6. The molecule has 3 aliphatic carbocycles. The zero-order chi connectivity index (χ0) is 11.8. The van der Waals surface area contributed by atoms with Crippen LogP contribution in [0.15, 0.2) is 0 Å². The predicted octanol–water partition coefficient (Wildman–Crippen LogP) is 3.59. The summed E-state index contributed by atoms with van der Waals surface area (Å²) in [6.07, 6.45) is 5.76. The molecule has 1 nitrogen and oxygen atoms in total. The monoisotopic (exact) mass is 221 g/mol. The molecule has 0 heterocycles. The second kappa shape index (κ2) is 2.85. The molecule has 0 aromatic rings. The molecule has 1 heteroatoms. The van der Waals surface area contributed by atoms with Crippen molar-refractivity contribution in [2.75, 3.05) is 0 Å². The Bertz CT molecular complexity index is 313. The van der Waals surface area contributed by atoms with Crippen molar-refractivity contribution in [2.45, 2.75) is 72.4 Å². The van der Waals surface area contributed by atoms with E-state index in [1.54, 1.807) is 0 Å². The summed E-state index contributed by atoms with van der Waals surface area (Å²) >= 11 is 0. The van der Waals surface area contributed by atoms with Crippen molar-refractivity contribution in [1.82, 2.24) is 5.32 Å². The third-order valence-corrected chi connectivity index (χ3v) is 6.15. The highest BCUT2D eigenvalue weighted by atomic mass is 15.1. The molecular formula is C15H27N. The lowest BCUT2D eigenvalue weighted by Crippen LogP contribution is -2.51. The summed E-state index contributed by atoms with van der Waals surface area (Å²) in [5.41, 5.74) is 1.67. The van der Waals surface area contributed by atoms with Crippen molar-refractivity contribution in [3.05, 3.63) is 0 Å². The van der Waals surface area contributed by atoms with E-state index in [2.05, 4.69) is 39.9 Å². The number of hydrogen-bond acceptors (Lipinski definition) is 1. The van der Waals surface area contributed by atoms with Gasteiger partial charge in [0.2, 0.25) is 0 Å². The summed E-state index contributed by atoms with van der Waals surface area (Å²) in [5, 5.41) is 4.01. The van der Waals surface area contributed by atoms with Crippen LogP contribution in [0.1, 0.15) is 60.3 Å². The van der Waals surface area contributed by atoms with Crippen molar-refractivity contribution < 1.29 is 0 Å². The first-order chi connectivity index (χ1) is 7.26. The normalized spacial score (nSPS) is 51.9. The number of rotatable bonds is 2. The fourth-order valence-corrected chi connectivity index (χ4v) is 4.67. The molecule has 3 aliphatic rings. The lowest BCUT2D eigenvalue weighted by atomic mass is 9.68. The Hall–Kier alpha value is -0.0400. The Labute approximate surface area is 100 Å². The van der Waals surface area contributed by atoms with E-state index < -0.39 is 0 Å². The molecule has 4 unspecified atom stereocenters. The highest BCUT2D eigenvalue weighted by Gasteiger charge is 2.61. The number of fused-ring (bicyclic) bond motifs is 2. The maximum absolute atomic E-state index is 4.01. The molecule has 0 aliphatic heterocycles. The number of hydrogen-bond donors (Lipinski definition) is 1. The van der Waals surface area contributed by atoms with E-state index in [-0.39, 0.29) is 0 Å². The van der Waals surface area contributed by atoms with Gasteiger partial charge in [-0.05, 0) is 47.8 Å². The van der Waals surface area contributed by atoms with E-state index in [1.165, 1.54) is 25.7 Å². The molecule has 0 amide bonds.